The molecule has 0 aromatic heterocycles. The molecule has 0 unspecified atom stereocenters. The molecule has 0 fully saturated rings. The van der Waals surface area contributed by atoms with E-state index in [0.29, 0.717) is 12.1 Å². The van der Waals surface area contributed by atoms with E-state index < -0.39 is 15.9 Å². The fourth-order valence-electron chi connectivity index (χ4n) is 2.89. The maximum Gasteiger partial charge on any atom is 0.339 e. The van der Waals surface area contributed by atoms with Crippen LogP contribution in [0.2, 0.25) is 0 Å². The van der Waals surface area contributed by atoms with Crippen molar-refractivity contribution in [2.24, 2.45) is 5.92 Å². The molecule has 0 atom stereocenters. The molecule has 2 rings (SSSR count). The molecule has 0 heterocycles. The van der Waals surface area contributed by atoms with Crippen molar-refractivity contribution >= 4 is 16.1 Å². The molecule has 0 radical (unpaired) electrons. The van der Waals surface area contributed by atoms with Gasteiger partial charge in [-0.2, -0.15) is 8.42 Å². The molecule has 0 bridgehead atoms. The topological polar surface area (TPSA) is 84.9 Å². The van der Waals surface area contributed by atoms with E-state index in [4.69, 9.17) is 8.92 Å². The third kappa shape index (κ3) is 6.85. The van der Waals surface area contributed by atoms with E-state index in [1.807, 2.05) is 27.7 Å². The summed E-state index contributed by atoms with van der Waals surface area (Å²) >= 11 is 0. The summed E-state index contributed by atoms with van der Waals surface area (Å²) in [7, 11) is -3.01. The van der Waals surface area contributed by atoms with Gasteiger partial charge in [-0.1, -0.05) is 32.0 Å². The Balaban J connectivity index is 2.31. The number of carbonyl (C=O) groups is 1. The monoisotopic (exact) mass is 452 g/mol. The number of hydrogen-bond donors (Lipinski definition) is 1. The molecule has 7 nitrogen and oxygen atoms in total. The summed E-state index contributed by atoms with van der Waals surface area (Å²) in [6, 6.07) is 9.53. The van der Waals surface area contributed by atoms with Gasteiger partial charge >= 0.3 is 16.1 Å². The molecular weight excluding hydrogens is 423 g/mol. The van der Waals surface area contributed by atoms with Gasteiger partial charge in [0, 0.05) is 18.2 Å². The summed E-state index contributed by atoms with van der Waals surface area (Å²) < 4.78 is 49.6. The molecule has 0 aliphatic carbocycles. The highest BCUT2D eigenvalue weighted by atomic mass is 32.2. The summed E-state index contributed by atoms with van der Waals surface area (Å²) in [5.41, 5.74) is 0.514. The Kier molecular flexibility index (Phi) is 8.27. The lowest BCUT2D eigenvalue weighted by molar-refractivity contribution is 0.185. The van der Waals surface area contributed by atoms with Crippen LogP contribution < -0.4 is 14.2 Å². The Morgan fingerprint density at radius 2 is 1.77 bits per heavy atom. The highest BCUT2D eigenvalue weighted by Gasteiger charge is 2.23. The zero-order chi connectivity index (χ0) is 23.2. The number of methoxy groups -OCH3 is 1. The number of para-hydroxylation sites is 1. The van der Waals surface area contributed by atoms with Crippen molar-refractivity contribution < 1.29 is 26.5 Å². The van der Waals surface area contributed by atoms with Gasteiger partial charge in [0.2, 0.25) is 0 Å². The maximum absolute atomic E-state index is 14.0. The molecule has 2 aromatic rings. The van der Waals surface area contributed by atoms with E-state index >= 15 is 0 Å². The molecule has 0 spiro atoms. The molecular formula is C22H29FN2O5S. The quantitative estimate of drug-likeness (QED) is 0.577. The number of halogens is 1. The molecule has 2 amide bonds. The van der Waals surface area contributed by atoms with Crippen LogP contribution in [0, 0.1) is 11.7 Å². The Morgan fingerprint density at radius 1 is 1.10 bits per heavy atom. The van der Waals surface area contributed by atoms with Gasteiger partial charge in [-0.05, 0) is 44.0 Å². The van der Waals surface area contributed by atoms with Crippen LogP contribution in [0.25, 0.3) is 0 Å². The third-order valence-electron chi connectivity index (χ3n) is 4.23. The third-order valence-corrected chi connectivity index (χ3v) is 5.46. The molecule has 9 heteroatoms. The average Bonchev–Trinajstić information content (AvgIpc) is 2.67. The molecule has 170 valence electrons. The van der Waals surface area contributed by atoms with Crippen LogP contribution in [-0.4, -0.2) is 39.0 Å². The van der Waals surface area contributed by atoms with Gasteiger partial charge in [-0.25, -0.2) is 9.18 Å². The van der Waals surface area contributed by atoms with E-state index in [9.17, 15) is 17.6 Å². The average molecular weight is 453 g/mol. The van der Waals surface area contributed by atoms with Crippen LogP contribution in [0.15, 0.2) is 47.4 Å². The molecule has 0 aliphatic rings. The van der Waals surface area contributed by atoms with Crippen LogP contribution in [0.3, 0.4) is 0 Å². The first kappa shape index (κ1) is 24.5. The minimum atomic E-state index is -4.30. The van der Waals surface area contributed by atoms with Crippen LogP contribution in [0.5, 0.6) is 11.5 Å². The Hall–Kier alpha value is -2.81. The lowest BCUT2D eigenvalue weighted by Crippen LogP contribution is -2.44. The number of hydrogen-bond acceptors (Lipinski definition) is 5. The SMILES string of the molecule is COc1ccc(S(=O)(=O)Oc2ccccc2CN(CC(C)C)C(=O)NC(C)C)cc1F. The van der Waals surface area contributed by atoms with E-state index in [1.165, 1.54) is 25.3 Å². The van der Waals surface area contributed by atoms with E-state index in [0.717, 1.165) is 6.07 Å². The van der Waals surface area contributed by atoms with E-state index in [-0.39, 0.29) is 40.9 Å². The normalized spacial score (nSPS) is 11.5. The number of nitrogens with one attached hydrogen (secondary N) is 1. The van der Waals surface area contributed by atoms with Gasteiger partial charge in [-0.15, -0.1) is 0 Å². The summed E-state index contributed by atoms with van der Waals surface area (Å²) in [5.74, 6) is -0.601. The fraction of sp³-hybridized carbons (Fsp3) is 0.409. The highest BCUT2D eigenvalue weighted by molar-refractivity contribution is 7.87. The zero-order valence-corrected chi connectivity index (χ0v) is 19.2. The number of ether oxygens (including phenoxy) is 1. The van der Waals surface area contributed by atoms with Crippen LogP contribution in [0.1, 0.15) is 33.3 Å². The Morgan fingerprint density at radius 3 is 2.35 bits per heavy atom. The Bertz CT molecular complexity index is 1010. The first-order valence-electron chi connectivity index (χ1n) is 9.95. The number of carbonyl (C=O) groups excluding carboxylic acids is 1. The van der Waals surface area contributed by atoms with Crippen LogP contribution >= 0.6 is 0 Å². The number of urea groups is 1. The second-order valence-electron chi connectivity index (χ2n) is 7.82. The number of benzene rings is 2. The van der Waals surface area contributed by atoms with E-state index in [1.54, 1.807) is 23.1 Å². The smallest absolute Gasteiger partial charge is 0.339 e. The fourth-order valence-corrected chi connectivity index (χ4v) is 3.87. The van der Waals surface area contributed by atoms with Gasteiger partial charge in [-0.3, -0.25) is 0 Å². The standard InChI is InChI=1S/C22H29FN2O5S/c1-15(2)13-25(22(26)24-16(3)4)14-17-8-6-7-9-20(17)30-31(27,28)18-10-11-21(29-5)19(23)12-18/h6-12,15-16H,13-14H2,1-5H3,(H,24,26). The molecule has 0 aliphatic heterocycles. The van der Waals surface area contributed by atoms with Gasteiger partial charge in [0.25, 0.3) is 0 Å². The van der Waals surface area contributed by atoms with Gasteiger partial charge in [0.15, 0.2) is 11.6 Å². The first-order valence-corrected chi connectivity index (χ1v) is 11.4. The van der Waals surface area contributed by atoms with Gasteiger partial charge < -0.3 is 19.1 Å². The minimum absolute atomic E-state index is 0.0426. The minimum Gasteiger partial charge on any atom is -0.494 e. The zero-order valence-electron chi connectivity index (χ0n) is 18.4. The van der Waals surface area contributed by atoms with Crippen molar-refractivity contribution in [3.63, 3.8) is 0 Å². The van der Waals surface area contributed by atoms with Crippen LogP contribution in [0.4, 0.5) is 9.18 Å². The second-order valence-corrected chi connectivity index (χ2v) is 9.37. The van der Waals surface area contributed by atoms with Crippen molar-refractivity contribution in [1.82, 2.24) is 10.2 Å². The molecule has 0 saturated carbocycles. The predicted molar refractivity (Wildman–Crippen MR) is 116 cm³/mol. The first-order chi connectivity index (χ1) is 14.5. The van der Waals surface area contributed by atoms with Crippen molar-refractivity contribution in [2.75, 3.05) is 13.7 Å². The number of nitrogens with zero attached hydrogens (tertiary/aromatic N) is 1. The van der Waals surface area contributed by atoms with E-state index in [2.05, 4.69) is 5.32 Å². The van der Waals surface area contributed by atoms with Crippen molar-refractivity contribution in [2.45, 2.75) is 45.2 Å². The lowest BCUT2D eigenvalue weighted by Gasteiger charge is -2.26. The lowest BCUT2D eigenvalue weighted by atomic mass is 10.1. The number of rotatable bonds is 9. The molecule has 0 saturated heterocycles. The summed E-state index contributed by atoms with van der Waals surface area (Å²) in [5, 5.41) is 2.85. The summed E-state index contributed by atoms with van der Waals surface area (Å²) in [4.78, 5) is 13.9. The highest BCUT2D eigenvalue weighted by Crippen LogP contribution is 2.27. The molecule has 1 N–H and O–H groups in total. The second kappa shape index (κ2) is 10.5. The maximum atomic E-state index is 14.0. The molecule has 2 aromatic carbocycles. The van der Waals surface area contributed by atoms with Crippen molar-refractivity contribution in [3.8, 4) is 11.5 Å². The van der Waals surface area contributed by atoms with Crippen LogP contribution in [-0.2, 0) is 16.7 Å². The molecule has 31 heavy (non-hydrogen) atoms. The van der Waals surface area contributed by atoms with Crippen molar-refractivity contribution in [3.05, 3.63) is 53.8 Å². The van der Waals surface area contributed by atoms with Gasteiger partial charge in [0.1, 0.15) is 10.6 Å². The van der Waals surface area contributed by atoms with Gasteiger partial charge in [0.05, 0.1) is 13.7 Å². The largest absolute Gasteiger partial charge is 0.494 e. The number of amides is 2. The Labute approximate surface area is 183 Å². The summed E-state index contributed by atoms with van der Waals surface area (Å²) in [6.07, 6.45) is 0. The predicted octanol–water partition coefficient (Wildman–Crippen LogP) is 4.18. The van der Waals surface area contributed by atoms with Crippen molar-refractivity contribution in [1.29, 1.82) is 0 Å². The summed E-state index contributed by atoms with van der Waals surface area (Å²) in [6.45, 7) is 8.33.